The van der Waals surface area contributed by atoms with Crippen LogP contribution in [-0.4, -0.2) is 36.6 Å². The number of thiazole rings is 1. The number of carbonyl (C=O) groups is 2. The number of aromatic nitrogens is 1. The number of amides is 3. The van der Waals surface area contributed by atoms with Gasteiger partial charge in [-0.2, -0.15) is 0 Å². The van der Waals surface area contributed by atoms with Crippen LogP contribution in [0.25, 0.3) is 0 Å². The second-order valence-electron chi connectivity index (χ2n) is 5.79. The number of nitrogens with zero attached hydrogens (tertiary/aromatic N) is 1. The Labute approximate surface area is 162 Å². The Hall–Kier alpha value is -2.46. The number of nitrogens with one attached hydrogen (secondary N) is 3. The molecule has 1 aromatic carbocycles. The van der Waals surface area contributed by atoms with Gasteiger partial charge in [0.2, 0.25) is 5.91 Å². The number of ether oxygens (including phenoxy) is 1. The topological polar surface area (TPSA) is 92.4 Å². The number of methoxy groups -OCH3 is 1. The second kappa shape index (κ2) is 8.05. The predicted octanol–water partition coefficient (Wildman–Crippen LogP) is 2.88. The Morgan fingerprint density at radius 1 is 1.41 bits per heavy atom. The van der Waals surface area contributed by atoms with Crippen molar-refractivity contribution in [2.75, 3.05) is 19.0 Å². The van der Waals surface area contributed by atoms with Crippen LogP contribution in [0.2, 0.25) is 4.34 Å². The molecule has 144 valence electrons. The quantitative estimate of drug-likeness (QED) is 0.714. The summed E-state index contributed by atoms with van der Waals surface area (Å²) in [6, 6.07) is 0.733. The third-order valence-corrected chi connectivity index (χ3v) is 5.11. The first-order valence-corrected chi connectivity index (χ1v) is 9.05. The fraction of sp³-hybridized carbons (Fsp3) is 0.312. The van der Waals surface area contributed by atoms with Crippen LogP contribution in [-0.2, 0) is 4.79 Å². The van der Waals surface area contributed by atoms with Crippen molar-refractivity contribution < 1.29 is 23.1 Å². The van der Waals surface area contributed by atoms with E-state index in [2.05, 4.69) is 20.9 Å². The number of urea groups is 1. The fourth-order valence-corrected chi connectivity index (χ4v) is 3.69. The molecule has 0 spiro atoms. The van der Waals surface area contributed by atoms with Crippen molar-refractivity contribution in [1.82, 2.24) is 15.6 Å². The van der Waals surface area contributed by atoms with Gasteiger partial charge in [-0.3, -0.25) is 10.1 Å². The van der Waals surface area contributed by atoms with Crippen LogP contribution in [0.5, 0.6) is 5.75 Å². The predicted molar refractivity (Wildman–Crippen MR) is 96.3 cm³/mol. The molecule has 1 fully saturated rings. The summed E-state index contributed by atoms with van der Waals surface area (Å²) < 4.78 is 34.2. The molecule has 2 unspecified atom stereocenters. The Kier molecular flexibility index (Phi) is 5.76. The van der Waals surface area contributed by atoms with Gasteiger partial charge in [-0.1, -0.05) is 22.9 Å². The summed E-state index contributed by atoms with van der Waals surface area (Å²) in [5.41, 5.74) is -0.270. The summed E-state index contributed by atoms with van der Waals surface area (Å²) in [5, 5.41) is 7.97. The van der Waals surface area contributed by atoms with Crippen molar-refractivity contribution in [3.05, 3.63) is 39.9 Å². The van der Waals surface area contributed by atoms with E-state index in [4.69, 9.17) is 16.3 Å². The van der Waals surface area contributed by atoms with E-state index in [1.807, 2.05) is 0 Å². The lowest BCUT2D eigenvalue weighted by Crippen LogP contribution is -2.53. The second-order valence-corrected chi connectivity index (χ2v) is 7.46. The van der Waals surface area contributed by atoms with E-state index in [0.717, 1.165) is 23.5 Å². The molecule has 27 heavy (non-hydrogen) atoms. The number of halogens is 3. The first-order chi connectivity index (χ1) is 12.9. The summed E-state index contributed by atoms with van der Waals surface area (Å²) in [4.78, 5) is 27.9. The Morgan fingerprint density at radius 2 is 2.11 bits per heavy atom. The van der Waals surface area contributed by atoms with Gasteiger partial charge in [0.1, 0.15) is 21.7 Å². The molecule has 3 N–H and O–H groups in total. The van der Waals surface area contributed by atoms with Gasteiger partial charge in [-0.25, -0.2) is 18.6 Å². The number of benzene rings is 1. The zero-order valence-electron chi connectivity index (χ0n) is 14.0. The van der Waals surface area contributed by atoms with E-state index in [-0.39, 0.29) is 35.3 Å². The van der Waals surface area contributed by atoms with Gasteiger partial charge in [-0.05, 0) is 0 Å². The van der Waals surface area contributed by atoms with Gasteiger partial charge in [0.15, 0.2) is 5.13 Å². The van der Waals surface area contributed by atoms with Crippen LogP contribution in [0.1, 0.15) is 17.9 Å². The van der Waals surface area contributed by atoms with Gasteiger partial charge in [0, 0.05) is 36.6 Å². The van der Waals surface area contributed by atoms with Gasteiger partial charge in [0.05, 0.1) is 19.3 Å². The van der Waals surface area contributed by atoms with E-state index in [0.29, 0.717) is 4.34 Å². The number of hydrogen-bond acceptors (Lipinski definition) is 5. The zero-order valence-corrected chi connectivity index (χ0v) is 15.6. The molecule has 7 nitrogen and oxygen atoms in total. The monoisotopic (exact) mass is 416 g/mol. The lowest BCUT2D eigenvalue weighted by Gasteiger charge is -2.32. The summed E-state index contributed by atoms with van der Waals surface area (Å²) >= 11 is 6.82. The Balaban J connectivity index is 1.81. The molecule has 2 atom stereocenters. The number of rotatable bonds is 4. The number of piperidine rings is 1. The Morgan fingerprint density at radius 3 is 2.70 bits per heavy atom. The maximum absolute atomic E-state index is 14.5. The molecule has 3 rings (SSSR count). The lowest BCUT2D eigenvalue weighted by atomic mass is 9.85. The van der Waals surface area contributed by atoms with Crippen LogP contribution in [0, 0.1) is 11.6 Å². The minimum absolute atomic E-state index is 0.0249. The summed E-state index contributed by atoms with van der Waals surface area (Å²) in [5.74, 6) is -2.90. The van der Waals surface area contributed by atoms with Crippen LogP contribution in [0.4, 0.5) is 18.7 Å². The highest BCUT2D eigenvalue weighted by atomic mass is 35.5. The van der Waals surface area contributed by atoms with Crippen molar-refractivity contribution in [3.8, 4) is 5.75 Å². The van der Waals surface area contributed by atoms with E-state index in [1.54, 1.807) is 0 Å². The highest BCUT2D eigenvalue weighted by Crippen LogP contribution is 2.33. The lowest BCUT2D eigenvalue weighted by molar-refractivity contribution is -0.123. The van der Waals surface area contributed by atoms with Crippen molar-refractivity contribution in [2.45, 2.75) is 18.4 Å². The first-order valence-electron chi connectivity index (χ1n) is 7.86. The van der Waals surface area contributed by atoms with E-state index in [9.17, 15) is 18.4 Å². The SMILES string of the molecule is COc1cc(F)c(C2CC(=O)NCC2NC(=O)Nc2ncc(Cl)s2)c(F)c1. The van der Waals surface area contributed by atoms with Gasteiger partial charge >= 0.3 is 6.03 Å². The highest BCUT2D eigenvalue weighted by molar-refractivity contribution is 7.19. The molecule has 1 aliphatic rings. The van der Waals surface area contributed by atoms with Crippen LogP contribution >= 0.6 is 22.9 Å². The van der Waals surface area contributed by atoms with Crippen molar-refractivity contribution in [1.29, 1.82) is 0 Å². The van der Waals surface area contributed by atoms with Crippen molar-refractivity contribution in [3.63, 3.8) is 0 Å². The number of hydrogen-bond donors (Lipinski definition) is 3. The number of anilines is 1. The summed E-state index contributed by atoms with van der Waals surface area (Å²) in [7, 11) is 1.29. The average Bonchev–Trinajstić information content (AvgIpc) is 3.01. The number of carbonyl (C=O) groups excluding carboxylic acids is 2. The first kappa shape index (κ1) is 19.3. The summed E-state index contributed by atoms with van der Waals surface area (Å²) in [6.07, 6.45) is 1.21. The maximum Gasteiger partial charge on any atom is 0.321 e. The van der Waals surface area contributed by atoms with E-state index >= 15 is 0 Å². The van der Waals surface area contributed by atoms with E-state index in [1.165, 1.54) is 13.3 Å². The molecule has 0 bridgehead atoms. The zero-order chi connectivity index (χ0) is 19.6. The van der Waals surface area contributed by atoms with Gasteiger partial charge < -0.3 is 15.4 Å². The minimum Gasteiger partial charge on any atom is -0.497 e. The summed E-state index contributed by atoms with van der Waals surface area (Å²) in [6.45, 7) is 0.0282. The molecular formula is C16H15ClF2N4O3S. The molecule has 2 aromatic rings. The molecule has 3 amide bonds. The molecule has 0 saturated carbocycles. The molecular weight excluding hydrogens is 402 g/mol. The third-order valence-electron chi connectivity index (χ3n) is 4.08. The van der Waals surface area contributed by atoms with E-state index < -0.39 is 29.6 Å². The Bertz CT molecular complexity index is 856. The average molecular weight is 417 g/mol. The maximum atomic E-state index is 14.5. The van der Waals surface area contributed by atoms with Crippen LogP contribution < -0.4 is 20.7 Å². The molecule has 2 heterocycles. The molecule has 1 aromatic heterocycles. The standard InChI is InChI=1S/C16H15ClF2N4O3S/c1-26-7-2-9(18)14(10(19)3-7)8-4-13(24)20-5-11(8)22-15(25)23-16-21-6-12(17)27-16/h2-3,6,8,11H,4-5H2,1H3,(H,20,24)(H2,21,22,23,25). The molecule has 1 saturated heterocycles. The smallest absolute Gasteiger partial charge is 0.321 e. The van der Waals surface area contributed by atoms with Gasteiger partial charge in [0.25, 0.3) is 0 Å². The molecule has 11 heteroatoms. The van der Waals surface area contributed by atoms with Crippen molar-refractivity contribution >= 4 is 40.0 Å². The molecule has 0 aliphatic carbocycles. The van der Waals surface area contributed by atoms with Crippen LogP contribution in [0.3, 0.4) is 0 Å². The highest BCUT2D eigenvalue weighted by Gasteiger charge is 2.35. The minimum atomic E-state index is -0.879. The van der Waals surface area contributed by atoms with Crippen LogP contribution in [0.15, 0.2) is 18.3 Å². The van der Waals surface area contributed by atoms with Gasteiger partial charge in [-0.15, -0.1) is 0 Å². The third kappa shape index (κ3) is 4.45. The molecule has 1 aliphatic heterocycles. The molecule has 0 radical (unpaired) electrons. The fourth-order valence-electron chi connectivity index (χ4n) is 2.88. The largest absolute Gasteiger partial charge is 0.497 e. The van der Waals surface area contributed by atoms with Crippen molar-refractivity contribution in [2.24, 2.45) is 0 Å². The normalized spacial score (nSPS) is 19.3.